The minimum absolute atomic E-state index is 0.111. The molecule has 4 nitrogen and oxygen atoms in total. The highest BCUT2D eigenvalue weighted by Crippen LogP contribution is 2.28. The van der Waals surface area contributed by atoms with Gasteiger partial charge in [0.05, 0.1) is 5.75 Å². The first kappa shape index (κ1) is 19.1. The van der Waals surface area contributed by atoms with Crippen molar-refractivity contribution in [2.75, 3.05) is 18.8 Å². The molecule has 5 heteroatoms. The van der Waals surface area contributed by atoms with E-state index in [4.69, 9.17) is 4.74 Å². The molecule has 0 bridgehead atoms. The summed E-state index contributed by atoms with van der Waals surface area (Å²) in [6.07, 6.45) is 4.65. The van der Waals surface area contributed by atoms with Gasteiger partial charge in [-0.3, -0.25) is 9.59 Å². The van der Waals surface area contributed by atoms with Crippen LogP contribution in [0, 0.1) is 0 Å². The van der Waals surface area contributed by atoms with Crippen LogP contribution in [-0.2, 0) is 27.2 Å². The maximum atomic E-state index is 12.9. The normalized spacial score (nSPS) is 16.6. The van der Waals surface area contributed by atoms with Crippen LogP contribution < -0.4 is 0 Å². The first-order valence-electron chi connectivity index (χ1n) is 9.98. The van der Waals surface area contributed by atoms with Crippen molar-refractivity contribution in [1.82, 2.24) is 4.90 Å². The molecule has 0 saturated carbocycles. The standard InChI is InChI=1S/C23H25NO3S/c25-21(16-28-20-12-11-17-9-6-10-19(17)15-20)27-22(18-7-2-1-3-8-18)23(26)24-13-4-5-14-24/h1-3,7-8,11-12,15,22H,4-6,9-10,13-14,16H2/t22-/m0/s1. The second-order valence-electron chi connectivity index (χ2n) is 7.39. The smallest absolute Gasteiger partial charge is 0.317 e. The summed E-state index contributed by atoms with van der Waals surface area (Å²) < 4.78 is 5.67. The highest BCUT2D eigenvalue weighted by Gasteiger charge is 2.30. The fraction of sp³-hybridized carbons (Fsp3) is 0.391. The molecule has 1 amide bonds. The van der Waals surface area contributed by atoms with Crippen molar-refractivity contribution >= 4 is 23.6 Å². The summed E-state index contributed by atoms with van der Waals surface area (Å²) >= 11 is 1.48. The molecule has 1 aliphatic heterocycles. The van der Waals surface area contributed by atoms with Gasteiger partial charge in [0.25, 0.3) is 5.91 Å². The Morgan fingerprint density at radius 1 is 0.964 bits per heavy atom. The van der Waals surface area contributed by atoms with Gasteiger partial charge in [-0.15, -0.1) is 11.8 Å². The summed E-state index contributed by atoms with van der Waals surface area (Å²) in [5.74, 6) is -0.262. The molecule has 1 atom stereocenters. The van der Waals surface area contributed by atoms with E-state index >= 15 is 0 Å². The highest BCUT2D eigenvalue weighted by atomic mass is 32.2. The Kier molecular flexibility index (Phi) is 6.01. The maximum Gasteiger partial charge on any atom is 0.317 e. The molecule has 0 unspecified atom stereocenters. The molecule has 2 aliphatic rings. The van der Waals surface area contributed by atoms with E-state index in [1.54, 1.807) is 4.90 Å². The van der Waals surface area contributed by atoms with Crippen LogP contribution in [0.1, 0.15) is 42.1 Å². The third kappa shape index (κ3) is 4.41. The average molecular weight is 396 g/mol. The number of carbonyl (C=O) groups excluding carboxylic acids is 2. The number of esters is 1. The summed E-state index contributed by atoms with van der Waals surface area (Å²) in [6, 6.07) is 15.8. The van der Waals surface area contributed by atoms with Gasteiger partial charge < -0.3 is 9.64 Å². The number of amides is 1. The molecule has 1 saturated heterocycles. The lowest BCUT2D eigenvalue weighted by Gasteiger charge is -2.23. The number of thioether (sulfide) groups is 1. The van der Waals surface area contributed by atoms with E-state index in [1.807, 2.05) is 30.3 Å². The van der Waals surface area contributed by atoms with E-state index < -0.39 is 6.10 Å². The molecule has 1 aliphatic carbocycles. The number of likely N-dealkylation sites (tertiary alicyclic amines) is 1. The van der Waals surface area contributed by atoms with Crippen molar-refractivity contribution in [2.45, 2.75) is 43.1 Å². The van der Waals surface area contributed by atoms with E-state index in [9.17, 15) is 9.59 Å². The van der Waals surface area contributed by atoms with Crippen molar-refractivity contribution in [3.05, 3.63) is 65.2 Å². The van der Waals surface area contributed by atoms with Gasteiger partial charge in [0.1, 0.15) is 0 Å². The first-order valence-corrected chi connectivity index (χ1v) is 11.0. The third-order valence-electron chi connectivity index (χ3n) is 5.42. The van der Waals surface area contributed by atoms with Gasteiger partial charge in [0.2, 0.25) is 6.10 Å². The van der Waals surface area contributed by atoms with Gasteiger partial charge in [-0.2, -0.15) is 0 Å². The lowest BCUT2D eigenvalue weighted by molar-refractivity contribution is -0.158. The third-order valence-corrected chi connectivity index (χ3v) is 6.39. The fourth-order valence-electron chi connectivity index (χ4n) is 3.94. The average Bonchev–Trinajstić information content (AvgIpc) is 3.42. The molecule has 28 heavy (non-hydrogen) atoms. The first-order chi connectivity index (χ1) is 13.7. The van der Waals surface area contributed by atoms with Crippen LogP contribution in [-0.4, -0.2) is 35.6 Å². The minimum Gasteiger partial charge on any atom is -0.447 e. The number of hydrogen-bond donors (Lipinski definition) is 0. The quantitative estimate of drug-likeness (QED) is 0.544. The molecular formula is C23H25NO3S. The van der Waals surface area contributed by atoms with E-state index in [0.29, 0.717) is 0 Å². The van der Waals surface area contributed by atoms with Crippen LogP contribution in [0.25, 0.3) is 0 Å². The summed E-state index contributed by atoms with van der Waals surface area (Å²) in [5.41, 5.74) is 3.55. The number of benzene rings is 2. The topological polar surface area (TPSA) is 46.6 Å². The summed E-state index contributed by atoms with van der Waals surface area (Å²) in [6.45, 7) is 1.48. The zero-order valence-electron chi connectivity index (χ0n) is 15.9. The molecule has 0 aromatic heterocycles. The number of fused-ring (bicyclic) bond motifs is 1. The van der Waals surface area contributed by atoms with Crippen LogP contribution in [0.2, 0.25) is 0 Å². The molecule has 1 heterocycles. The van der Waals surface area contributed by atoms with E-state index in [0.717, 1.165) is 49.2 Å². The van der Waals surface area contributed by atoms with E-state index in [2.05, 4.69) is 18.2 Å². The largest absolute Gasteiger partial charge is 0.447 e. The predicted molar refractivity (Wildman–Crippen MR) is 110 cm³/mol. The van der Waals surface area contributed by atoms with Crippen molar-refractivity contribution in [3.63, 3.8) is 0 Å². The molecule has 2 aromatic rings. The van der Waals surface area contributed by atoms with E-state index in [-0.39, 0.29) is 17.6 Å². The Labute approximate surface area is 170 Å². The lowest BCUT2D eigenvalue weighted by atomic mass is 10.1. The molecule has 2 aromatic carbocycles. The minimum atomic E-state index is -0.854. The van der Waals surface area contributed by atoms with Crippen LogP contribution >= 0.6 is 11.8 Å². The monoisotopic (exact) mass is 395 g/mol. The van der Waals surface area contributed by atoms with Gasteiger partial charge in [-0.25, -0.2) is 0 Å². The van der Waals surface area contributed by atoms with Gasteiger partial charge in [-0.1, -0.05) is 36.4 Å². The SMILES string of the molecule is O=C(CSc1ccc2c(c1)CCC2)O[C@H](C(=O)N1CCCC1)c1ccccc1. The lowest BCUT2D eigenvalue weighted by Crippen LogP contribution is -2.35. The van der Waals surface area contributed by atoms with Crippen LogP contribution in [0.15, 0.2) is 53.4 Å². The van der Waals surface area contributed by atoms with E-state index in [1.165, 1.54) is 29.3 Å². The number of rotatable bonds is 6. The van der Waals surface area contributed by atoms with Crippen molar-refractivity contribution in [3.8, 4) is 0 Å². The zero-order chi connectivity index (χ0) is 19.3. The Bertz CT molecular complexity index is 846. The van der Waals surface area contributed by atoms with Gasteiger partial charge in [0.15, 0.2) is 0 Å². The summed E-state index contributed by atoms with van der Waals surface area (Å²) in [4.78, 5) is 28.4. The Balaban J connectivity index is 1.41. The second-order valence-corrected chi connectivity index (χ2v) is 8.43. The predicted octanol–water partition coefficient (Wildman–Crippen LogP) is 4.17. The van der Waals surface area contributed by atoms with Gasteiger partial charge in [-0.05, 0) is 55.4 Å². The van der Waals surface area contributed by atoms with Crippen molar-refractivity contribution in [2.24, 2.45) is 0 Å². The molecule has 0 spiro atoms. The molecule has 1 fully saturated rings. The highest BCUT2D eigenvalue weighted by molar-refractivity contribution is 8.00. The van der Waals surface area contributed by atoms with Gasteiger partial charge >= 0.3 is 5.97 Å². The molecule has 0 N–H and O–H groups in total. The van der Waals surface area contributed by atoms with Crippen LogP contribution in [0.4, 0.5) is 0 Å². The summed E-state index contributed by atoms with van der Waals surface area (Å²) in [5, 5.41) is 0. The number of carbonyl (C=O) groups is 2. The Hall–Kier alpha value is -2.27. The van der Waals surface area contributed by atoms with Crippen molar-refractivity contribution < 1.29 is 14.3 Å². The number of ether oxygens (including phenoxy) is 1. The van der Waals surface area contributed by atoms with Gasteiger partial charge in [0, 0.05) is 23.5 Å². The second kappa shape index (κ2) is 8.82. The number of aryl methyl sites for hydroxylation is 2. The molecular weight excluding hydrogens is 370 g/mol. The van der Waals surface area contributed by atoms with Crippen LogP contribution in [0.5, 0.6) is 0 Å². The van der Waals surface area contributed by atoms with Crippen molar-refractivity contribution in [1.29, 1.82) is 0 Å². The Morgan fingerprint density at radius 2 is 1.71 bits per heavy atom. The Morgan fingerprint density at radius 3 is 2.50 bits per heavy atom. The molecule has 146 valence electrons. The van der Waals surface area contributed by atoms with Crippen LogP contribution in [0.3, 0.4) is 0 Å². The maximum absolute atomic E-state index is 12.9. The molecule has 4 rings (SSSR count). The zero-order valence-corrected chi connectivity index (χ0v) is 16.7. The molecule has 0 radical (unpaired) electrons. The summed E-state index contributed by atoms with van der Waals surface area (Å²) in [7, 11) is 0. The number of nitrogens with zero attached hydrogens (tertiary/aromatic N) is 1. The fourth-order valence-corrected chi connectivity index (χ4v) is 4.68. The number of hydrogen-bond acceptors (Lipinski definition) is 4.